The Morgan fingerprint density at radius 1 is 1.39 bits per heavy atom. The second-order valence-electron chi connectivity index (χ2n) is 5.17. The summed E-state index contributed by atoms with van der Waals surface area (Å²) in [4.78, 5) is 13.7. The zero-order valence-corrected chi connectivity index (χ0v) is 11.9. The molecule has 1 aliphatic rings. The van der Waals surface area contributed by atoms with Gasteiger partial charge in [0.1, 0.15) is 0 Å². The maximum absolute atomic E-state index is 11.3. The van der Waals surface area contributed by atoms with Gasteiger partial charge in [-0.05, 0) is 26.3 Å². The molecule has 1 aliphatic carbocycles. The van der Waals surface area contributed by atoms with E-state index >= 15 is 0 Å². The highest BCUT2D eigenvalue weighted by molar-refractivity contribution is 5.71. The fourth-order valence-electron chi connectivity index (χ4n) is 2.35. The van der Waals surface area contributed by atoms with E-state index in [0.29, 0.717) is 13.2 Å². The summed E-state index contributed by atoms with van der Waals surface area (Å²) in [5, 5.41) is 3.15. The van der Waals surface area contributed by atoms with Crippen molar-refractivity contribution in [1.82, 2.24) is 10.2 Å². The van der Waals surface area contributed by atoms with Crippen LogP contribution in [0.25, 0.3) is 0 Å². The maximum Gasteiger partial charge on any atom is 0.319 e. The molecule has 1 rings (SSSR count). The lowest BCUT2D eigenvalue weighted by molar-refractivity contribution is -0.142. The number of carbonyl (C=O) groups excluding carboxylic acids is 1. The van der Waals surface area contributed by atoms with Gasteiger partial charge in [-0.1, -0.05) is 26.2 Å². The van der Waals surface area contributed by atoms with Crippen molar-refractivity contribution >= 4 is 5.97 Å². The summed E-state index contributed by atoms with van der Waals surface area (Å²) >= 11 is 0. The van der Waals surface area contributed by atoms with Crippen LogP contribution in [-0.2, 0) is 9.53 Å². The van der Waals surface area contributed by atoms with Crippen LogP contribution in [0.4, 0.5) is 0 Å². The average molecular weight is 256 g/mol. The predicted molar refractivity (Wildman–Crippen MR) is 73.6 cm³/mol. The van der Waals surface area contributed by atoms with E-state index in [1.54, 1.807) is 0 Å². The zero-order valence-electron chi connectivity index (χ0n) is 11.9. The summed E-state index contributed by atoms with van der Waals surface area (Å²) < 4.78 is 5.07. The van der Waals surface area contributed by atoms with Crippen LogP contribution in [0, 0.1) is 0 Å². The molecule has 0 aliphatic heterocycles. The standard InChI is InChI=1S/C14H28N2O2/c1-3-4-11-18-14(17)12-15-9-10-16(2)13-7-5-6-8-13/h13,15H,3-12H2,1-2H3. The van der Waals surface area contributed by atoms with Gasteiger partial charge in [-0.3, -0.25) is 4.79 Å². The SMILES string of the molecule is CCCCOC(=O)CNCCN(C)C1CCCC1. The van der Waals surface area contributed by atoms with E-state index in [0.717, 1.165) is 32.0 Å². The van der Waals surface area contributed by atoms with Gasteiger partial charge in [-0.15, -0.1) is 0 Å². The van der Waals surface area contributed by atoms with E-state index in [1.165, 1.54) is 25.7 Å². The third-order valence-corrected chi connectivity index (χ3v) is 3.62. The molecule has 0 aromatic heterocycles. The monoisotopic (exact) mass is 256 g/mol. The first-order valence-corrected chi connectivity index (χ1v) is 7.30. The van der Waals surface area contributed by atoms with Crippen molar-refractivity contribution in [2.24, 2.45) is 0 Å². The Balaban J connectivity index is 1.95. The van der Waals surface area contributed by atoms with Crippen molar-refractivity contribution in [3.8, 4) is 0 Å². The predicted octanol–water partition coefficient (Wildman–Crippen LogP) is 1.79. The third kappa shape index (κ3) is 6.36. The van der Waals surface area contributed by atoms with Crippen LogP contribution < -0.4 is 5.32 Å². The number of nitrogens with one attached hydrogen (secondary N) is 1. The van der Waals surface area contributed by atoms with Gasteiger partial charge < -0.3 is 15.0 Å². The molecular formula is C14H28N2O2. The van der Waals surface area contributed by atoms with Crippen molar-refractivity contribution in [2.75, 3.05) is 33.3 Å². The number of rotatable bonds is 9. The van der Waals surface area contributed by atoms with E-state index in [9.17, 15) is 4.79 Å². The molecule has 1 N–H and O–H groups in total. The first-order chi connectivity index (χ1) is 8.74. The molecule has 1 saturated carbocycles. The molecule has 4 nitrogen and oxygen atoms in total. The summed E-state index contributed by atoms with van der Waals surface area (Å²) in [6.45, 7) is 4.84. The first-order valence-electron chi connectivity index (χ1n) is 7.30. The van der Waals surface area contributed by atoms with Crippen LogP contribution >= 0.6 is 0 Å². The Labute approximate surface area is 111 Å². The smallest absolute Gasteiger partial charge is 0.319 e. The van der Waals surface area contributed by atoms with E-state index in [2.05, 4.69) is 24.2 Å². The summed E-state index contributed by atoms with van der Waals surface area (Å²) in [5.74, 6) is -0.132. The molecule has 0 unspecified atom stereocenters. The summed E-state index contributed by atoms with van der Waals surface area (Å²) in [6.07, 6.45) is 7.41. The van der Waals surface area contributed by atoms with Crippen LogP contribution in [0.3, 0.4) is 0 Å². The zero-order chi connectivity index (χ0) is 13.2. The molecule has 0 radical (unpaired) electrons. The molecule has 0 bridgehead atoms. The molecule has 4 heteroatoms. The highest BCUT2D eigenvalue weighted by atomic mass is 16.5. The van der Waals surface area contributed by atoms with E-state index in [1.807, 2.05) is 0 Å². The van der Waals surface area contributed by atoms with Crippen molar-refractivity contribution in [3.63, 3.8) is 0 Å². The second-order valence-corrected chi connectivity index (χ2v) is 5.17. The number of unbranched alkanes of at least 4 members (excludes halogenated alkanes) is 1. The van der Waals surface area contributed by atoms with E-state index < -0.39 is 0 Å². The molecular weight excluding hydrogens is 228 g/mol. The molecule has 1 fully saturated rings. The third-order valence-electron chi connectivity index (χ3n) is 3.62. The van der Waals surface area contributed by atoms with Gasteiger partial charge in [-0.2, -0.15) is 0 Å². The summed E-state index contributed by atoms with van der Waals surface area (Å²) in [5.41, 5.74) is 0. The molecule has 0 aromatic rings. The maximum atomic E-state index is 11.3. The Kier molecular flexibility index (Phi) is 8.01. The van der Waals surface area contributed by atoms with Gasteiger partial charge >= 0.3 is 5.97 Å². The molecule has 0 saturated heterocycles. The van der Waals surface area contributed by atoms with Crippen LogP contribution in [0.15, 0.2) is 0 Å². The quantitative estimate of drug-likeness (QED) is 0.504. The Hall–Kier alpha value is -0.610. The van der Waals surface area contributed by atoms with Gasteiger partial charge in [-0.25, -0.2) is 0 Å². The van der Waals surface area contributed by atoms with Crippen molar-refractivity contribution in [3.05, 3.63) is 0 Å². The fourth-order valence-corrected chi connectivity index (χ4v) is 2.35. The molecule has 106 valence electrons. The van der Waals surface area contributed by atoms with Gasteiger partial charge in [0.25, 0.3) is 0 Å². The number of hydrogen-bond acceptors (Lipinski definition) is 4. The average Bonchev–Trinajstić information content (AvgIpc) is 2.88. The van der Waals surface area contributed by atoms with Gasteiger partial charge in [0.15, 0.2) is 0 Å². The molecule has 0 atom stereocenters. The lowest BCUT2D eigenvalue weighted by Gasteiger charge is -2.23. The second kappa shape index (κ2) is 9.34. The number of likely N-dealkylation sites (N-methyl/N-ethyl adjacent to an activating group) is 1. The molecule has 18 heavy (non-hydrogen) atoms. The highest BCUT2D eigenvalue weighted by Crippen LogP contribution is 2.21. The molecule has 0 heterocycles. The highest BCUT2D eigenvalue weighted by Gasteiger charge is 2.18. The molecule has 0 amide bonds. The Bertz CT molecular complexity index is 228. The van der Waals surface area contributed by atoms with Crippen LogP contribution in [0.5, 0.6) is 0 Å². The van der Waals surface area contributed by atoms with Crippen LogP contribution in [0.1, 0.15) is 45.4 Å². The molecule has 0 aromatic carbocycles. The minimum absolute atomic E-state index is 0.132. The Morgan fingerprint density at radius 2 is 2.11 bits per heavy atom. The van der Waals surface area contributed by atoms with Gasteiger partial charge in [0.2, 0.25) is 0 Å². The fraction of sp³-hybridized carbons (Fsp3) is 0.929. The van der Waals surface area contributed by atoms with Crippen molar-refractivity contribution < 1.29 is 9.53 Å². The topological polar surface area (TPSA) is 41.6 Å². The summed E-state index contributed by atoms with van der Waals surface area (Å²) in [7, 11) is 2.18. The Morgan fingerprint density at radius 3 is 2.78 bits per heavy atom. The normalized spacial score (nSPS) is 16.4. The van der Waals surface area contributed by atoms with Crippen LogP contribution in [-0.4, -0.2) is 50.2 Å². The summed E-state index contributed by atoms with van der Waals surface area (Å²) in [6, 6.07) is 0.753. The minimum atomic E-state index is -0.132. The van der Waals surface area contributed by atoms with Crippen LogP contribution in [0.2, 0.25) is 0 Å². The molecule has 0 spiro atoms. The van der Waals surface area contributed by atoms with E-state index in [4.69, 9.17) is 4.74 Å². The van der Waals surface area contributed by atoms with Crippen molar-refractivity contribution in [1.29, 1.82) is 0 Å². The van der Waals surface area contributed by atoms with Gasteiger partial charge in [0, 0.05) is 19.1 Å². The van der Waals surface area contributed by atoms with E-state index in [-0.39, 0.29) is 5.97 Å². The number of carbonyl (C=O) groups is 1. The van der Waals surface area contributed by atoms with Gasteiger partial charge in [0.05, 0.1) is 13.2 Å². The number of ether oxygens (including phenoxy) is 1. The minimum Gasteiger partial charge on any atom is -0.465 e. The first kappa shape index (κ1) is 15.4. The number of esters is 1. The van der Waals surface area contributed by atoms with Crippen molar-refractivity contribution in [2.45, 2.75) is 51.5 Å². The number of hydrogen-bond donors (Lipinski definition) is 1. The number of nitrogens with zero attached hydrogens (tertiary/aromatic N) is 1. The lowest BCUT2D eigenvalue weighted by Crippen LogP contribution is -2.37. The lowest BCUT2D eigenvalue weighted by atomic mass is 10.2. The largest absolute Gasteiger partial charge is 0.465 e.